The van der Waals surface area contributed by atoms with Crippen LogP contribution in [0, 0.1) is 0 Å². The van der Waals surface area contributed by atoms with Gasteiger partial charge in [-0.3, -0.25) is 9.59 Å². The van der Waals surface area contributed by atoms with Gasteiger partial charge in [0.2, 0.25) is 15.9 Å². The molecule has 2 amide bonds. The number of para-hydroxylation sites is 2. The lowest BCUT2D eigenvalue weighted by Gasteiger charge is -2.35. The lowest BCUT2D eigenvalue weighted by atomic mass is 10.1. The molecule has 0 radical (unpaired) electrons. The van der Waals surface area contributed by atoms with E-state index in [1.54, 1.807) is 50.4 Å². The van der Waals surface area contributed by atoms with Crippen molar-refractivity contribution in [1.29, 1.82) is 0 Å². The van der Waals surface area contributed by atoms with Crippen LogP contribution in [-0.4, -0.2) is 57.8 Å². The molecule has 9 nitrogen and oxygen atoms in total. The molecule has 1 heterocycles. The number of rotatable bonds is 8. The van der Waals surface area contributed by atoms with Crippen molar-refractivity contribution in [3.63, 3.8) is 0 Å². The van der Waals surface area contributed by atoms with Gasteiger partial charge in [0, 0.05) is 49.5 Å². The molecule has 3 aromatic rings. The number of amides is 2. The number of nitrogens with one attached hydrogen (secondary N) is 2. The molecule has 1 saturated heterocycles. The van der Waals surface area contributed by atoms with E-state index < -0.39 is 10.0 Å². The van der Waals surface area contributed by atoms with Crippen LogP contribution in [0.4, 0.5) is 17.1 Å². The molecule has 0 unspecified atom stereocenters. The maximum atomic E-state index is 13.2. The number of methoxy groups -OCH3 is 1. The zero-order chi connectivity index (χ0) is 26.4. The number of carbonyl (C=O) groups excluding carboxylic acids is 2. The van der Waals surface area contributed by atoms with Gasteiger partial charge in [0.05, 0.1) is 17.7 Å². The first-order chi connectivity index (χ1) is 17.8. The number of hydrogen-bond donors (Lipinski definition) is 2. The first kappa shape index (κ1) is 26.2. The number of anilines is 3. The fourth-order valence-electron chi connectivity index (χ4n) is 4.11. The molecule has 1 aliphatic rings. The molecular formula is C27H30N4O5S. The quantitative estimate of drug-likeness (QED) is 0.466. The van der Waals surface area contributed by atoms with E-state index in [9.17, 15) is 18.0 Å². The summed E-state index contributed by atoms with van der Waals surface area (Å²) in [6.45, 7) is 3.54. The van der Waals surface area contributed by atoms with Gasteiger partial charge in [-0.1, -0.05) is 25.1 Å². The van der Waals surface area contributed by atoms with Crippen LogP contribution in [0.1, 0.15) is 23.7 Å². The summed E-state index contributed by atoms with van der Waals surface area (Å²) in [5.74, 6) is 0.250. The van der Waals surface area contributed by atoms with E-state index >= 15 is 0 Å². The first-order valence-electron chi connectivity index (χ1n) is 12.0. The Hall–Kier alpha value is -3.89. The van der Waals surface area contributed by atoms with Crippen molar-refractivity contribution in [1.82, 2.24) is 4.31 Å². The summed E-state index contributed by atoms with van der Waals surface area (Å²) in [6, 6.07) is 20.4. The highest BCUT2D eigenvalue weighted by molar-refractivity contribution is 7.89. The number of ether oxygens (including phenoxy) is 1. The van der Waals surface area contributed by atoms with Crippen molar-refractivity contribution >= 4 is 38.9 Å². The van der Waals surface area contributed by atoms with E-state index in [0.29, 0.717) is 49.5 Å². The Bertz CT molecular complexity index is 1370. The van der Waals surface area contributed by atoms with Crippen molar-refractivity contribution in [2.45, 2.75) is 18.2 Å². The minimum Gasteiger partial charge on any atom is -0.495 e. The highest BCUT2D eigenvalue weighted by Crippen LogP contribution is 2.29. The third-order valence-electron chi connectivity index (χ3n) is 6.14. The van der Waals surface area contributed by atoms with Crippen molar-refractivity contribution < 1.29 is 22.7 Å². The Morgan fingerprint density at radius 2 is 1.57 bits per heavy atom. The number of benzene rings is 3. The van der Waals surface area contributed by atoms with Crippen LogP contribution >= 0.6 is 0 Å². The minimum atomic E-state index is -3.68. The first-order valence-corrected chi connectivity index (χ1v) is 13.4. The lowest BCUT2D eigenvalue weighted by Crippen LogP contribution is -2.48. The number of piperazine rings is 1. The minimum absolute atomic E-state index is 0.143. The van der Waals surface area contributed by atoms with E-state index in [1.165, 1.54) is 16.4 Å². The van der Waals surface area contributed by atoms with E-state index in [0.717, 1.165) is 11.4 Å². The fourth-order valence-corrected chi connectivity index (χ4v) is 5.53. The standard InChI is InChI=1S/C27H30N4O5S/c1-3-26(32)28-22-8-6-7-20(19-22)27(33)29-21-11-13-23(14-12-21)37(34,35)31-17-15-30(16-18-31)24-9-4-5-10-25(24)36-2/h4-14,19H,3,15-18H2,1-2H3,(H,28,32)(H,29,33). The largest absolute Gasteiger partial charge is 0.495 e. The fraction of sp³-hybridized carbons (Fsp3) is 0.259. The second-order valence-electron chi connectivity index (χ2n) is 8.52. The van der Waals surface area contributed by atoms with Gasteiger partial charge in [0.1, 0.15) is 5.75 Å². The summed E-state index contributed by atoms with van der Waals surface area (Å²) < 4.78 is 33.3. The molecule has 1 fully saturated rings. The van der Waals surface area contributed by atoms with Gasteiger partial charge in [-0.05, 0) is 54.6 Å². The second kappa shape index (κ2) is 11.4. The average Bonchev–Trinajstić information content (AvgIpc) is 2.93. The Balaban J connectivity index is 1.39. The Labute approximate surface area is 217 Å². The lowest BCUT2D eigenvalue weighted by molar-refractivity contribution is -0.115. The third kappa shape index (κ3) is 6.10. The van der Waals surface area contributed by atoms with Crippen molar-refractivity contribution in [3.8, 4) is 5.75 Å². The van der Waals surface area contributed by atoms with E-state index in [4.69, 9.17) is 4.74 Å². The summed E-state index contributed by atoms with van der Waals surface area (Å²) in [4.78, 5) is 26.6. The summed E-state index contributed by atoms with van der Waals surface area (Å²) in [5.41, 5.74) is 2.32. The van der Waals surface area contributed by atoms with Crippen LogP contribution in [0.2, 0.25) is 0 Å². The molecule has 4 rings (SSSR count). The number of nitrogens with zero attached hydrogens (tertiary/aromatic N) is 2. The zero-order valence-electron chi connectivity index (χ0n) is 20.8. The van der Waals surface area contributed by atoms with E-state index in [1.807, 2.05) is 24.3 Å². The summed E-state index contributed by atoms with van der Waals surface area (Å²) >= 11 is 0. The Kier molecular flexibility index (Phi) is 8.10. The number of carbonyl (C=O) groups is 2. The molecule has 194 valence electrons. The monoisotopic (exact) mass is 522 g/mol. The van der Waals surface area contributed by atoms with Gasteiger partial charge < -0.3 is 20.3 Å². The highest BCUT2D eigenvalue weighted by atomic mass is 32.2. The van der Waals surface area contributed by atoms with Crippen LogP contribution in [0.5, 0.6) is 5.75 Å². The van der Waals surface area contributed by atoms with Gasteiger partial charge in [0.25, 0.3) is 5.91 Å². The maximum absolute atomic E-state index is 13.2. The highest BCUT2D eigenvalue weighted by Gasteiger charge is 2.29. The van der Waals surface area contributed by atoms with Crippen LogP contribution in [0.3, 0.4) is 0 Å². The summed E-state index contributed by atoms with van der Waals surface area (Å²) in [6.07, 6.45) is 0.336. The molecule has 3 aromatic carbocycles. The van der Waals surface area contributed by atoms with Gasteiger partial charge in [-0.2, -0.15) is 4.31 Å². The molecule has 1 aliphatic heterocycles. The Morgan fingerprint density at radius 1 is 0.865 bits per heavy atom. The number of sulfonamides is 1. The smallest absolute Gasteiger partial charge is 0.255 e. The topological polar surface area (TPSA) is 108 Å². The molecule has 37 heavy (non-hydrogen) atoms. The van der Waals surface area contributed by atoms with Crippen LogP contribution in [-0.2, 0) is 14.8 Å². The van der Waals surface area contributed by atoms with E-state index in [2.05, 4.69) is 15.5 Å². The Morgan fingerprint density at radius 3 is 2.24 bits per heavy atom. The molecule has 0 bridgehead atoms. The molecule has 0 atom stereocenters. The average molecular weight is 523 g/mol. The predicted octanol–water partition coefficient (Wildman–Crippen LogP) is 3.81. The van der Waals surface area contributed by atoms with Crippen LogP contribution in [0.15, 0.2) is 77.7 Å². The van der Waals surface area contributed by atoms with Gasteiger partial charge >= 0.3 is 0 Å². The molecule has 10 heteroatoms. The molecule has 2 N–H and O–H groups in total. The zero-order valence-corrected chi connectivity index (χ0v) is 21.6. The normalized spacial score (nSPS) is 14.2. The van der Waals surface area contributed by atoms with E-state index in [-0.39, 0.29) is 16.7 Å². The molecule has 0 aromatic heterocycles. The molecule has 0 spiro atoms. The predicted molar refractivity (Wildman–Crippen MR) is 144 cm³/mol. The maximum Gasteiger partial charge on any atom is 0.255 e. The van der Waals surface area contributed by atoms with Crippen molar-refractivity contribution in [2.24, 2.45) is 0 Å². The van der Waals surface area contributed by atoms with Gasteiger partial charge in [0.15, 0.2) is 0 Å². The molecule has 0 aliphatic carbocycles. The summed E-state index contributed by atoms with van der Waals surface area (Å²) in [5, 5.41) is 5.49. The van der Waals surface area contributed by atoms with Crippen molar-refractivity contribution in [3.05, 3.63) is 78.4 Å². The van der Waals surface area contributed by atoms with Crippen LogP contribution < -0.4 is 20.3 Å². The molecule has 0 saturated carbocycles. The second-order valence-corrected chi connectivity index (χ2v) is 10.5. The van der Waals surface area contributed by atoms with Crippen LogP contribution in [0.25, 0.3) is 0 Å². The third-order valence-corrected chi connectivity index (χ3v) is 8.06. The number of hydrogen-bond acceptors (Lipinski definition) is 6. The van der Waals surface area contributed by atoms with Crippen molar-refractivity contribution in [2.75, 3.05) is 48.8 Å². The summed E-state index contributed by atoms with van der Waals surface area (Å²) in [7, 11) is -2.06. The van der Waals surface area contributed by atoms with Gasteiger partial charge in [-0.25, -0.2) is 8.42 Å². The molecular weight excluding hydrogens is 492 g/mol. The van der Waals surface area contributed by atoms with Gasteiger partial charge in [-0.15, -0.1) is 0 Å². The SMILES string of the molecule is CCC(=O)Nc1cccc(C(=O)Nc2ccc(S(=O)(=O)N3CCN(c4ccccc4OC)CC3)cc2)c1.